The molecular formula is C12H12N2O2. The first-order valence-corrected chi connectivity index (χ1v) is 5.07. The van der Waals surface area contributed by atoms with Crippen molar-refractivity contribution in [1.82, 2.24) is 0 Å². The van der Waals surface area contributed by atoms with Gasteiger partial charge in [0.05, 0.1) is 25.3 Å². The minimum atomic E-state index is -0.0953. The van der Waals surface area contributed by atoms with Crippen molar-refractivity contribution in [3.05, 3.63) is 29.8 Å². The van der Waals surface area contributed by atoms with Crippen LogP contribution in [0.1, 0.15) is 18.4 Å². The van der Waals surface area contributed by atoms with Crippen molar-refractivity contribution >= 4 is 5.71 Å². The maximum atomic E-state index is 8.55. The Bertz CT molecular complexity index is 431. The van der Waals surface area contributed by atoms with E-state index in [2.05, 4.69) is 11.2 Å². The van der Waals surface area contributed by atoms with Gasteiger partial charge in [0.15, 0.2) is 0 Å². The predicted octanol–water partition coefficient (Wildman–Crippen LogP) is 2.10. The van der Waals surface area contributed by atoms with Gasteiger partial charge in [0.25, 0.3) is 0 Å². The van der Waals surface area contributed by atoms with Gasteiger partial charge in [-0.15, -0.1) is 0 Å². The van der Waals surface area contributed by atoms with Crippen molar-refractivity contribution in [3.63, 3.8) is 0 Å². The van der Waals surface area contributed by atoms with Gasteiger partial charge in [0, 0.05) is 6.42 Å². The van der Waals surface area contributed by atoms with Crippen LogP contribution in [0.15, 0.2) is 29.4 Å². The van der Waals surface area contributed by atoms with E-state index in [1.807, 2.05) is 24.3 Å². The van der Waals surface area contributed by atoms with E-state index in [9.17, 15) is 0 Å². The Kier molecular flexibility index (Phi) is 3.06. The Labute approximate surface area is 94.1 Å². The van der Waals surface area contributed by atoms with E-state index in [1.165, 1.54) is 0 Å². The van der Waals surface area contributed by atoms with Crippen LogP contribution in [-0.2, 0) is 4.84 Å². The van der Waals surface area contributed by atoms with Crippen LogP contribution >= 0.6 is 0 Å². The quantitative estimate of drug-likeness (QED) is 0.777. The molecule has 4 nitrogen and oxygen atoms in total. The molecule has 16 heavy (non-hydrogen) atoms. The second-order valence-electron chi connectivity index (χ2n) is 3.56. The molecule has 2 rings (SSSR count). The number of rotatable bonds is 3. The fourth-order valence-corrected chi connectivity index (χ4v) is 1.59. The normalized spacial score (nSPS) is 18.5. The predicted molar refractivity (Wildman–Crippen MR) is 59.3 cm³/mol. The lowest BCUT2D eigenvalue weighted by molar-refractivity contribution is 0.0891. The van der Waals surface area contributed by atoms with Crippen LogP contribution in [0.5, 0.6) is 5.75 Å². The molecule has 0 unspecified atom stereocenters. The molecule has 0 aliphatic carbocycles. The minimum absolute atomic E-state index is 0.0953. The lowest BCUT2D eigenvalue weighted by Crippen LogP contribution is -2.07. The van der Waals surface area contributed by atoms with Gasteiger partial charge in [-0.05, 0) is 29.8 Å². The molecule has 0 aromatic heterocycles. The monoisotopic (exact) mass is 216 g/mol. The van der Waals surface area contributed by atoms with Gasteiger partial charge in [-0.2, -0.15) is 5.26 Å². The van der Waals surface area contributed by atoms with E-state index in [0.29, 0.717) is 12.8 Å². The van der Waals surface area contributed by atoms with Gasteiger partial charge in [-0.3, -0.25) is 0 Å². The molecule has 0 spiro atoms. The van der Waals surface area contributed by atoms with Crippen molar-refractivity contribution in [2.75, 3.05) is 7.11 Å². The number of nitrogens with zero attached hydrogens (tertiary/aromatic N) is 2. The summed E-state index contributed by atoms with van der Waals surface area (Å²) in [6.07, 6.45) is 0.977. The summed E-state index contributed by atoms with van der Waals surface area (Å²) in [4.78, 5) is 5.15. The van der Waals surface area contributed by atoms with Crippen LogP contribution < -0.4 is 4.74 Å². The van der Waals surface area contributed by atoms with Crippen LogP contribution in [-0.4, -0.2) is 18.9 Å². The standard InChI is InChI=1S/C12H12N2O2/c1-15-10-4-2-9(3-5-10)12-8-11(6-7-13)16-14-12/h2-5,11H,6,8H2,1H3/t11-/m1/s1. The van der Waals surface area contributed by atoms with Gasteiger partial charge >= 0.3 is 0 Å². The SMILES string of the molecule is COc1ccc(C2=NO[C@H](CC#N)C2)cc1. The van der Waals surface area contributed by atoms with Crippen LogP contribution in [0.2, 0.25) is 0 Å². The molecule has 0 radical (unpaired) electrons. The second kappa shape index (κ2) is 4.67. The van der Waals surface area contributed by atoms with Gasteiger partial charge < -0.3 is 9.57 Å². The zero-order chi connectivity index (χ0) is 11.4. The van der Waals surface area contributed by atoms with Crippen LogP contribution in [0.25, 0.3) is 0 Å². The smallest absolute Gasteiger partial charge is 0.146 e. The molecule has 1 aliphatic heterocycles. The second-order valence-corrected chi connectivity index (χ2v) is 3.56. The molecule has 1 heterocycles. The largest absolute Gasteiger partial charge is 0.497 e. The number of hydrogen-bond acceptors (Lipinski definition) is 4. The fraction of sp³-hybridized carbons (Fsp3) is 0.333. The average Bonchev–Trinajstić information content (AvgIpc) is 2.78. The molecule has 0 saturated heterocycles. The highest BCUT2D eigenvalue weighted by Gasteiger charge is 2.21. The summed E-state index contributed by atoms with van der Waals surface area (Å²) in [5, 5.41) is 12.5. The van der Waals surface area contributed by atoms with Crippen molar-refractivity contribution < 1.29 is 9.57 Å². The molecule has 1 atom stereocenters. The third-order valence-electron chi connectivity index (χ3n) is 2.48. The molecule has 0 fully saturated rings. The summed E-state index contributed by atoms with van der Waals surface area (Å²) >= 11 is 0. The van der Waals surface area contributed by atoms with Crippen molar-refractivity contribution in [2.24, 2.45) is 5.16 Å². The van der Waals surface area contributed by atoms with Gasteiger partial charge in [-0.25, -0.2) is 0 Å². The van der Waals surface area contributed by atoms with E-state index in [-0.39, 0.29) is 6.10 Å². The first kappa shape index (κ1) is 10.5. The Morgan fingerprint density at radius 1 is 1.50 bits per heavy atom. The molecule has 0 bridgehead atoms. The van der Waals surface area contributed by atoms with Crippen molar-refractivity contribution in [2.45, 2.75) is 18.9 Å². The van der Waals surface area contributed by atoms with E-state index in [1.54, 1.807) is 7.11 Å². The molecular weight excluding hydrogens is 204 g/mol. The Hall–Kier alpha value is -2.02. The molecule has 1 aliphatic rings. The Balaban J connectivity index is 2.06. The summed E-state index contributed by atoms with van der Waals surface area (Å²) in [5.41, 5.74) is 1.91. The Morgan fingerprint density at radius 3 is 2.88 bits per heavy atom. The Morgan fingerprint density at radius 2 is 2.25 bits per heavy atom. The van der Waals surface area contributed by atoms with Gasteiger partial charge in [0.1, 0.15) is 11.9 Å². The zero-order valence-electron chi connectivity index (χ0n) is 9.01. The number of ether oxygens (including phenoxy) is 1. The van der Waals surface area contributed by atoms with Crippen LogP contribution in [0, 0.1) is 11.3 Å². The third kappa shape index (κ3) is 2.14. The number of benzene rings is 1. The summed E-state index contributed by atoms with van der Waals surface area (Å²) < 4.78 is 5.08. The number of methoxy groups -OCH3 is 1. The molecule has 0 N–H and O–H groups in total. The first-order chi connectivity index (χ1) is 7.83. The van der Waals surface area contributed by atoms with Crippen LogP contribution in [0.3, 0.4) is 0 Å². The average molecular weight is 216 g/mol. The summed E-state index contributed by atoms with van der Waals surface area (Å²) in [6.45, 7) is 0. The topological polar surface area (TPSA) is 54.6 Å². The highest BCUT2D eigenvalue weighted by molar-refractivity contribution is 6.01. The highest BCUT2D eigenvalue weighted by Crippen LogP contribution is 2.20. The molecule has 82 valence electrons. The van der Waals surface area contributed by atoms with Crippen molar-refractivity contribution in [3.8, 4) is 11.8 Å². The summed E-state index contributed by atoms with van der Waals surface area (Å²) in [7, 11) is 1.63. The molecule has 1 aromatic carbocycles. The summed E-state index contributed by atoms with van der Waals surface area (Å²) in [6, 6.07) is 9.73. The van der Waals surface area contributed by atoms with E-state index in [4.69, 9.17) is 14.8 Å². The number of oxime groups is 1. The lowest BCUT2D eigenvalue weighted by Gasteiger charge is -2.02. The summed E-state index contributed by atoms with van der Waals surface area (Å²) in [5.74, 6) is 0.817. The number of hydrogen-bond donors (Lipinski definition) is 0. The van der Waals surface area contributed by atoms with Gasteiger partial charge in [0.2, 0.25) is 0 Å². The highest BCUT2D eigenvalue weighted by atomic mass is 16.6. The zero-order valence-corrected chi connectivity index (χ0v) is 9.01. The number of nitriles is 1. The van der Waals surface area contributed by atoms with Crippen LogP contribution in [0.4, 0.5) is 0 Å². The first-order valence-electron chi connectivity index (χ1n) is 5.07. The molecule has 0 amide bonds. The maximum absolute atomic E-state index is 8.55. The minimum Gasteiger partial charge on any atom is -0.497 e. The molecule has 0 saturated carbocycles. The maximum Gasteiger partial charge on any atom is 0.146 e. The lowest BCUT2D eigenvalue weighted by atomic mass is 10.0. The fourth-order valence-electron chi connectivity index (χ4n) is 1.59. The van der Waals surface area contributed by atoms with Crippen molar-refractivity contribution in [1.29, 1.82) is 5.26 Å². The van der Waals surface area contributed by atoms with E-state index < -0.39 is 0 Å². The third-order valence-corrected chi connectivity index (χ3v) is 2.48. The molecule has 4 heteroatoms. The van der Waals surface area contributed by atoms with Gasteiger partial charge in [-0.1, -0.05) is 5.16 Å². The molecule has 1 aromatic rings. The van der Waals surface area contributed by atoms with E-state index in [0.717, 1.165) is 17.0 Å². The van der Waals surface area contributed by atoms with E-state index >= 15 is 0 Å².